The quantitative estimate of drug-likeness (QED) is 0.834. The number of benzene rings is 1. The third kappa shape index (κ3) is 2.96. The first-order valence-electron chi connectivity index (χ1n) is 7.49. The first kappa shape index (κ1) is 15.6. The van der Waals surface area contributed by atoms with Gasteiger partial charge >= 0.3 is 5.97 Å². The lowest BCUT2D eigenvalue weighted by atomic mass is 9.74. The van der Waals surface area contributed by atoms with Gasteiger partial charge in [0.05, 0.1) is 11.3 Å². The number of hydrogen-bond donors (Lipinski definition) is 2. The van der Waals surface area contributed by atoms with Crippen molar-refractivity contribution in [2.75, 3.05) is 23.7 Å². The molecule has 1 aliphatic rings. The molecule has 0 saturated carbocycles. The van der Waals surface area contributed by atoms with Crippen LogP contribution in [0.15, 0.2) is 12.1 Å². The Labute approximate surface area is 124 Å². The maximum Gasteiger partial charge on any atom is 0.337 e. The van der Waals surface area contributed by atoms with E-state index >= 15 is 0 Å². The minimum Gasteiger partial charge on any atom is -0.478 e. The van der Waals surface area contributed by atoms with E-state index in [-0.39, 0.29) is 11.3 Å². The van der Waals surface area contributed by atoms with Crippen LogP contribution in [-0.2, 0) is 0 Å². The van der Waals surface area contributed by atoms with Crippen molar-refractivity contribution < 1.29 is 14.3 Å². The molecule has 0 amide bonds. The van der Waals surface area contributed by atoms with Crippen molar-refractivity contribution in [2.45, 2.75) is 39.5 Å². The minimum absolute atomic E-state index is 0.0303. The average Bonchev–Trinajstić information content (AvgIpc) is 2.47. The monoisotopic (exact) mass is 294 g/mol. The van der Waals surface area contributed by atoms with Gasteiger partial charge < -0.3 is 15.7 Å². The summed E-state index contributed by atoms with van der Waals surface area (Å²) in [5.74, 6) is -1.57. The molecule has 21 heavy (non-hydrogen) atoms. The number of rotatable bonds is 4. The van der Waals surface area contributed by atoms with Gasteiger partial charge in [0.1, 0.15) is 5.82 Å². The lowest BCUT2D eigenvalue weighted by molar-refractivity contribution is 0.0698. The number of piperidine rings is 1. The molecule has 3 N–H and O–H groups in total. The number of hydrogen-bond acceptors (Lipinski definition) is 3. The van der Waals surface area contributed by atoms with Gasteiger partial charge in [-0.1, -0.05) is 26.7 Å². The Morgan fingerprint density at radius 3 is 2.38 bits per heavy atom. The first-order valence-corrected chi connectivity index (χ1v) is 7.49. The SMILES string of the molecule is CCC1(CC)CCN(c2cc(C(=O)O)c(N)cc2F)CC1. The second-order valence-corrected chi connectivity index (χ2v) is 5.89. The number of halogens is 1. The molecule has 1 heterocycles. The molecule has 0 aromatic heterocycles. The van der Waals surface area contributed by atoms with Gasteiger partial charge in [-0.3, -0.25) is 0 Å². The summed E-state index contributed by atoms with van der Waals surface area (Å²) in [4.78, 5) is 13.1. The second-order valence-electron chi connectivity index (χ2n) is 5.89. The van der Waals surface area contributed by atoms with E-state index in [1.807, 2.05) is 4.90 Å². The van der Waals surface area contributed by atoms with Crippen LogP contribution < -0.4 is 10.6 Å². The van der Waals surface area contributed by atoms with Gasteiger partial charge in [0.2, 0.25) is 0 Å². The fourth-order valence-electron chi connectivity index (χ4n) is 3.18. The molecule has 0 bridgehead atoms. The summed E-state index contributed by atoms with van der Waals surface area (Å²) in [6, 6.07) is 2.47. The highest BCUT2D eigenvalue weighted by molar-refractivity contribution is 5.95. The molecule has 1 fully saturated rings. The molecule has 0 aliphatic carbocycles. The number of carboxylic acids is 1. The smallest absolute Gasteiger partial charge is 0.337 e. The largest absolute Gasteiger partial charge is 0.478 e. The van der Waals surface area contributed by atoms with Gasteiger partial charge in [-0.05, 0) is 30.4 Å². The Morgan fingerprint density at radius 1 is 1.33 bits per heavy atom. The highest BCUT2D eigenvalue weighted by Crippen LogP contribution is 2.40. The number of nitrogen functional groups attached to an aromatic ring is 1. The van der Waals surface area contributed by atoms with Gasteiger partial charge in [0.15, 0.2) is 0 Å². The Kier molecular flexibility index (Phi) is 4.40. The fourth-order valence-corrected chi connectivity index (χ4v) is 3.18. The molecular weight excluding hydrogens is 271 g/mol. The van der Waals surface area contributed by atoms with Crippen LogP contribution in [0.3, 0.4) is 0 Å². The fraction of sp³-hybridized carbons (Fsp3) is 0.562. The van der Waals surface area contributed by atoms with Crippen molar-refractivity contribution in [2.24, 2.45) is 5.41 Å². The second kappa shape index (κ2) is 5.92. The molecule has 5 heteroatoms. The molecule has 1 aliphatic heterocycles. The maximum atomic E-state index is 14.1. The van der Waals surface area contributed by atoms with E-state index in [0.29, 0.717) is 11.1 Å². The summed E-state index contributed by atoms with van der Waals surface area (Å²) in [7, 11) is 0. The van der Waals surface area contributed by atoms with E-state index in [9.17, 15) is 9.18 Å². The normalized spacial score (nSPS) is 17.8. The van der Waals surface area contributed by atoms with E-state index in [1.54, 1.807) is 0 Å². The predicted octanol–water partition coefficient (Wildman–Crippen LogP) is 3.51. The van der Waals surface area contributed by atoms with E-state index in [2.05, 4.69) is 13.8 Å². The molecule has 2 rings (SSSR count). The maximum absolute atomic E-state index is 14.1. The van der Waals surface area contributed by atoms with Crippen molar-refractivity contribution in [1.29, 1.82) is 0 Å². The molecule has 116 valence electrons. The number of aromatic carboxylic acids is 1. The Hall–Kier alpha value is -1.78. The van der Waals surface area contributed by atoms with E-state index in [0.717, 1.165) is 44.8 Å². The summed E-state index contributed by atoms with van der Waals surface area (Å²) in [5.41, 5.74) is 6.20. The Morgan fingerprint density at radius 2 is 1.90 bits per heavy atom. The Balaban J connectivity index is 2.24. The van der Waals surface area contributed by atoms with E-state index in [1.165, 1.54) is 6.07 Å². The van der Waals surface area contributed by atoms with E-state index < -0.39 is 11.8 Å². The molecular formula is C16H23FN2O2. The van der Waals surface area contributed by atoms with Crippen molar-refractivity contribution in [3.05, 3.63) is 23.5 Å². The summed E-state index contributed by atoms with van der Waals surface area (Å²) < 4.78 is 14.1. The number of anilines is 2. The molecule has 1 saturated heterocycles. The van der Waals surface area contributed by atoms with Crippen LogP contribution in [0, 0.1) is 11.2 Å². The van der Waals surface area contributed by atoms with Crippen LogP contribution in [0.5, 0.6) is 0 Å². The van der Waals surface area contributed by atoms with Gasteiger partial charge in [0, 0.05) is 18.8 Å². The zero-order valence-electron chi connectivity index (χ0n) is 12.7. The molecule has 0 radical (unpaired) electrons. The topological polar surface area (TPSA) is 66.6 Å². The van der Waals surface area contributed by atoms with Crippen molar-refractivity contribution in [3.63, 3.8) is 0 Å². The first-order chi connectivity index (χ1) is 9.92. The lowest BCUT2D eigenvalue weighted by Gasteiger charge is -2.42. The van der Waals surface area contributed by atoms with Crippen molar-refractivity contribution in [1.82, 2.24) is 0 Å². The van der Waals surface area contributed by atoms with Crippen LogP contribution in [0.4, 0.5) is 15.8 Å². The molecule has 0 spiro atoms. The minimum atomic E-state index is -1.12. The molecule has 1 aromatic rings. The standard InChI is InChI=1S/C16H23FN2O2/c1-3-16(4-2)5-7-19(8-6-16)14-9-11(15(20)21)13(18)10-12(14)17/h9-10H,3-8,18H2,1-2H3,(H,20,21). The molecule has 0 unspecified atom stereocenters. The Bertz CT molecular complexity index is 531. The van der Waals surface area contributed by atoms with Crippen LogP contribution in [-0.4, -0.2) is 24.2 Å². The van der Waals surface area contributed by atoms with Gasteiger partial charge in [-0.25, -0.2) is 9.18 Å². The van der Waals surface area contributed by atoms with E-state index in [4.69, 9.17) is 10.8 Å². The van der Waals surface area contributed by atoms with Crippen LogP contribution >= 0.6 is 0 Å². The molecule has 1 aromatic carbocycles. The van der Waals surface area contributed by atoms with Crippen LogP contribution in [0.2, 0.25) is 0 Å². The van der Waals surface area contributed by atoms with Gasteiger partial charge in [-0.2, -0.15) is 0 Å². The van der Waals surface area contributed by atoms with Gasteiger partial charge in [0.25, 0.3) is 0 Å². The number of nitrogens with zero attached hydrogens (tertiary/aromatic N) is 1. The predicted molar refractivity (Wildman–Crippen MR) is 82.2 cm³/mol. The van der Waals surface area contributed by atoms with Gasteiger partial charge in [-0.15, -0.1) is 0 Å². The molecule has 4 nitrogen and oxygen atoms in total. The molecule has 0 atom stereocenters. The third-order valence-corrected chi connectivity index (χ3v) is 5.01. The van der Waals surface area contributed by atoms with Crippen LogP contribution in [0.25, 0.3) is 0 Å². The number of carboxylic acid groups (broad SMARTS) is 1. The zero-order valence-corrected chi connectivity index (χ0v) is 12.7. The summed E-state index contributed by atoms with van der Waals surface area (Å²) in [5, 5.41) is 9.12. The summed E-state index contributed by atoms with van der Waals surface area (Å²) in [6.45, 7) is 5.90. The summed E-state index contributed by atoms with van der Waals surface area (Å²) >= 11 is 0. The zero-order chi connectivity index (χ0) is 15.6. The number of nitrogens with two attached hydrogens (primary N) is 1. The van der Waals surface area contributed by atoms with Crippen LogP contribution in [0.1, 0.15) is 49.9 Å². The highest BCUT2D eigenvalue weighted by Gasteiger charge is 2.32. The van der Waals surface area contributed by atoms with Crippen molar-refractivity contribution >= 4 is 17.3 Å². The summed E-state index contributed by atoms with van der Waals surface area (Å²) in [6.07, 6.45) is 4.27. The van der Waals surface area contributed by atoms with Crippen molar-refractivity contribution in [3.8, 4) is 0 Å². The third-order valence-electron chi connectivity index (χ3n) is 5.01. The number of carbonyl (C=O) groups is 1. The highest BCUT2D eigenvalue weighted by atomic mass is 19.1. The lowest BCUT2D eigenvalue weighted by Crippen LogP contribution is -2.40. The average molecular weight is 294 g/mol.